The van der Waals surface area contributed by atoms with Gasteiger partial charge in [0.15, 0.2) is 5.75 Å². The zero-order valence-electron chi connectivity index (χ0n) is 8.58. The average molecular weight is 253 g/mol. The zero-order chi connectivity index (χ0) is 12.3. The highest BCUT2D eigenvalue weighted by Gasteiger charge is 2.09. The maximum Gasteiger partial charge on any atom is 0.488 e. The maximum absolute atomic E-state index is 12.2. The molecule has 17 heavy (non-hydrogen) atoms. The van der Waals surface area contributed by atoms with Crippen LogP contribution in [0.15, 0.2) is 48.7 Å². The molecule has 0 unspecified atom stereocenters. The monoisotopic (exact) mass is 253 g/mol. The largest absolute Gasteiger partial charge is 0.488 e. The molecule has 1 aromatic heterocycles. The first-order valence-electron chi connectivity index (χ1n) is 4.70. The minimum absolute atomic E-state index is 0.160. The summed E-state index contributed by atoms with van der Waals surface area (Å²) in [5.41, 5.74) is 1.52. The minimum Gasteiger partial charge on any atom is -0.357 e. The number of nitrogens with zero attached hydrogens (tertiary/aromatic N) is 1. The molecule has 0 spiro atoms. The molecule has 0 saturated heterocycles. The first-order valence-corrected chi connectivity index (χ1v) is 6.01. The van der Waals surface area contributed by atoms with E-state index in [4.69, 9.17) is 0 Å². The third kappa shape index (κ3) is 3.25. The highest BCUT2D eigenvalue weighted by Crippen LogP contribution is 2.19. The van der Waals surface area contributed by atoms with E-state index in [0.29, 0.717) is 5.69 Å². The molecule has 0 aliphatic heterocycles. The third-order valence-electron chi connectivity index (χ3n) is 2.00. The lowest BCUT2D eigenvalue weighted by atomic mass is 10.1. The Kier molecular flexibility index (Phi) is 3.06. The van der Waals surface area contributed by atoms with Gasteiger partial charge in [0, 0.05) is 5.56 Å². The number of hydrogen-bond donors (Lipinski definition) is 0. The Hall–Kier alpha value is -1.95. The summed E-state index contributed by atoms with van der Waals surface area (Å²) in [6.07, 6.45) is 1.15. The minimum atomic E-state index is -4.99. The van der Waals surface area contributed by atoms with E-state index in [1.54, 1.807) is 6.07 Å². The van der Waals surface area contributed by atoms with Gasteiger partial charge >= 0.3 is 10.5 Å². The van der Waals surface area contributed by atoms with E-state index in [0.717, 1.165) is 11.8 Å². The second-order valence-electron chi connectivity index (χ2n) is 3.22. The Labute approximate surface area is 98.1 Å². The predicted octanol–water partition coefficient (Wildman–Crippen LogP) is 2.34. The molecule has 0 fully saturated rings. The quantitative estimate of drug-likeness (QED) is 0.788. The fourth-order valence-electron chi connectivity index (χ4n) is 1.32. The second-order valence-corrected chi connectivity index (χ2v) is 4.17. The lowest BCUT2D eigenvalue weighted by Gasteiger charge is -2.02. The van der Waals surface area contributed by atoms with Crippen LogP contribution in [0.1, 0.15) is 0 Å². The smallest absolute Gasteiger partial charge is 0.357 e. The topological polar surface area (TPSA) is 56.3 Å². The van der Waals surface area contributed by atoms with Crippen molar-refractivity contribution in [1.29, 1.82) is 0 Å². The Morgan fingerprint density at radius 2 is 1.76 bits per heavy atom. The van der Waals surface area contributed by atoms with Gasteiger partial charge in [0.05, 0.1) is 11.9 Å². The van der Waals surface area contributed by atoms with Crippen LogP contribution >= 0.6 is 0 Å². The molecule has 4 nitrogen and oxygen atoms in total. The van der Waals surface area contributed by atoms with Crippen LogP contribution in [0.2, 0.25) is 0 Å². The van der Waals surface area contributed by atoms with Crippen molar-refractivity contribution in [3.05, 3.63) is 48.7 Å². The zero-order valence-corrected chi connectivity index (χ0v) is 9.39. The fourth-order valence-corrected chi connectivity index (χ4v) is 1.65. The number of hydrogen-bond acceptors (Lipinski definition) is 4. The van der Waals surface area contributed by atoms with Crippen LogP contribution in [0.3, 0.4) is 0 Å². The summed E-state index contributed by atoms with van der Waals surface area (Å²) in [6, 6.07) is 12.2. The molecule has 6 heteroatoms. The molecule has 0 aliphatic carbocycles. The maximum atomic E-state index is 12.2. The van der Waals surface area contributed by atoms with Crippen LogP contribution in [-0.4, -0.2) is 13.4 Å². The lowest BCUT2D eigenvalue weighted by molar-refractivity contribution is 0.439. The molecule has 2 rings (SSSR count). The van der Waals surface area contributed by atoms with E-state index >= 15 is 0 Å². The van der Waals surface area contributed by atoms with E-state index in [1.165, 1.54) is 6.07 Å². The predicted molar refractivity (Wildman–Crippen MR) is 60.3 cm³/mol. The SMILES string of the molecule is O=S(=O)(F)Oc1ccc(-c2ccccc2)nc1. The standard InChI is InChI=1S/C11H8FNO3S/c12-17(14,15)16-10-6-7-11(13-8-10)9-4-2-1-3-5-9/h1-8H. The van der Waals surface area contributed by atoms with Crippen molar-refractivity contribution in [2.24, 2.45) is 0 Å². The lowest BCUT2D eigenvalue weighted by Crippen LogP contribution is -2.01. The van der Waals surface area contributed by atoms with Crippen LogP contribution < -0.4 is 4.18 Å². The van der Waals surface area contributed by atoms with E-state index in [2.05, 4.69) is 9.17 Å². The molecule has 0 bridgehead atoms. The highest BCUT2D eigenvalue weighted by molar-refractivity contribution is 7.81. The van der Waals surface area contributed by atoms with Gasteiger partial charge in [-0.25, -0.2) is 0 Å². The third-order valence-corrected chi connectivity index (χ3v) is 2.39. The van der Waals surface area contributed by atoms with Crippen LogP contribution in [0.5, 0.6) is 5.75 Å². The van der Waals surface area contributed by atoms with E-state index in [9.17, 15) is 12.3 Å². The van der Waals surface area contributed by atoms with Gasteiger partial charge in [-0.15, -0.1) is 0 Å². The summed E-state index contributed by atoms with van der Waals surface area (Å²) >= 11 is 0. The molecule has 0 radical (unpaired) electrons. The molecule has 0 amide bonds. The van der Waals surface area contributed by atoms with Crippen LogP contribution in [0.4, 0.5) is 3.89 Å². The Morgan fingerprint density at radius 1 is 1.06 bits per heavy atom. The van der Waals surface area contributed by atoms with Gasteiger partial charge in [-0.05, 0) is 12.1 Å². The summed E-state index contributed by atoms with van der Waals surface area (Å²) in [5, 5.41) is 0. The van der Waals surface area contributed by atoms with Crippen molar-refractivity contribution >= 4 is 10.5 Å². The highest BCUT2D eigenvalue weighted by atomic mass is 32.3. The summed E-state index contributed by atoms with van der Waals surface area (Å²) in [6.45, 7) is 0. The summed E-state index contributed by atoms with van der Waals surface area (Å²) in [4.78, 5) is 3.98. The normalized spacial score (nSPS) is 11.1. The van der Waals surface area contributed by atoms with Gasteiger partial charge in [0.2, 0.25) is 0 Å². The number of pyridine rings is 1. The van der Waals surface area contributed by atoms with Crippen molar-refractivity contribution in [2.75, 3.05) is 0 Å². The number of benzene rings is 1. The van der Waals surface area contributed by atoms with Gasteiger partial charge in [-0.2, -0.15) is 8.42 Å². The number of aromatic nitrogens is 1. The number of halogens is 1. The van der Waals surface area contributed by atoms with E-state index < -0.39 is 10.5 Å². The summed E-state index contributed by atoms with van der Waals surface area (Å²) < 4.78 is 36.7. The molecule has 2 aromatic rings. The average Bonchev–Trinajstić information content (AvgIpc) is 2.29. The molecule has 1 aromatic carbocycles. The van der Waals surface area contributed by atoms with Crippen LogP contribution in [0, 0.1) is 0 Å². The first kappa shape index (κ1) is 11.5. The molecule has 0 saturated carbocycles. The van der Waals surface area contributed by atoms with Crippen LogP contribution in [-0.2, 0) is 10.5 Å². The molecule has 0 aliphatic rings. The molecule has 0 N–H and O–H groups in total. The molecular formula is C11H8FNO3S. The van der Waals surface area contributed by atoms with Gasteiger partial charge in [0.1, 0.15) is 0 Å². The molecule has 0 atom stereocenters. The Morgan fingerprint density at radius 3 is 2.29 bits per heavy atom. The molecule has 88 valence electrons. The Balaban J connectivity index is 2.25. The summed E-state index contributed by atoms with van der Waals surface area (Å²) in [5.74, 6) is -0.160. The summed E-state index contributed by atoms with van der Waals surface area (Å²) in [7, 11) is -4.99. The van der Waals surface area contributed by atoms with Crippen molar-refractivity contribution in [1.82, 2.24) is 4.98 Å². The molecule has 1 heterocycles. The van der Waals surface area contributed by atoms with Gasteiger partial charge < -0.3 is 4.18 Å². The Bertz CT molecular complexity index is 596. The van der Waals surface area contributed by atoms with Gasteiger partial charge in [0.25, 0.3) is 0 Å². The van der Waals surface area contributed by atoms with Gasteiger partial charge in [-0.1, -0.05) is 34.2 Å². The van der Waals surface area contributed by atoms with E-state index in [1.807, 2.05) is 30.3 Å². The first-order chi connectivity index (χ1) is 8.04. The van der Waals surface area contributed by atoms with Gasteiger partial charge in [-0.3, -0.25) is 4.98 Å². The van der Waals surface area contributed by atoms with Crippen LogP contribution in [0.25, 0.3) is 11.3 Å². The fraction of sp³-hybridized carbons (Fsp3) is 0. The molecular weight excluding hydrogens is 245 g/mol. The second kappa shape index (κ2) is 4.50. The van der Waals surface area contributed by atoms with Crippen molar-refractivity contribution in [3.8, 4) is 17.0 Å². The van der Waals surface area contributed by atoms with Crippen molar-refractivity contribution < 1.29 is 16.5 Å². The van der Waals surface area contributed by atoms with Crippen molar-refractivity contribution in [2.45, 2.75) is 0 Å². The number of rotatable bonds is 3. The van der Waals surface area contributed by atoms with Crippen molar-refractivity contribution in [3.63, 3.8) is 0 Å². The van der Waals surface area contributed by atoms with E-state index in [-0.39, 0.29) is 5.75 Å².